The third-order valence-corrected chi connectivity index (χ3v) is 4.57. The van der Waals surface area contributed by atoms with Crippen LogP contribution in [0.3, 0.4) is 0 Å². The Morgan fingerprint density at radius 3 is 2.87 bits per heavy atom. The first kappa shape index (κ1) is 14.1. The number of aryl methyl sites for hydroxylation is 1. The Hall–Kier alpha value is -2.54. The predicted molar refractivity (Wildman–Crippen MR) is 89.7 cm³/mol. The number of rotatable bonds is 4. The number of aromatic nitrogens is 4. The summed E-state index contributed by atoms with van der Waals surface area (Å²) >= 11 is 1.53. The van der Waals surface area contributed by atoms with Crippen LogP contribution in [-0.2, 0) is 12.2 Å². The largest absolute Gasteiger partial charge is 0.451 e. The average molecular weight is 326 g/mol. The van der Waals surface area contributed by atoms with Gasteiger partial charge in [0.05, 0.1) is 0 Å². The first-order valence-electron chi connectivity index (χ1n) is 7.32. The fraction of sp³-hybridized carbons (Fsp3) is 0.188. The summed E-state index contributed by atoms with van der Waals surface area (Å²) in [6, 6.07) is 9.40. The van der Waals surface area contributed by atoms with E-state index in [0.717, 1.165) is 39.5 Å². The molecule has 116 valence electrons. The summed E-state index contributed by atoms with van der Waals surface area (Å²) in [6.07, 6.45) is 0.754. The van der Waals surface area contributed by atoms with Crippen molar-refractivity contribution in [2.24, 2.45) is 0 Å². The number of H-pyrrole nitrogens is 2. The molecule has 0 saturated heterocycles. The molecule has 2 N–H and O–H groups in total. The molecule has 7 heteroatoms. The molecular weight excluding hydrogens is 312 g/mol. The summed E-state index contributed by atoms with van der Waals surface area (Å²) in [5.41, 5.74) is 3.04. The molecule has 4 aromatic rings. The van der Waals surface area contributed by atoms with E-state index >= 15 is 0 Å². The Kier molecular flexibility index (Phi) is 3.42. The summed E-state index contributed by atoms with van der Waals surface area (Å²) in [7, 11) is 0. The standard InChI is InChI=1S/C16H14N4O2S/c1-2-12-17-14-10-5-3-4-6-11(10)22-15(14)16(18-12)23-8-9-7-13(21)20-19-9/h3-7H,2,8H2,1H3,(H2,19,20,21). The van der Waals surface area contributed by atoms with Gasteiger partial charge >= 0.3 is 0 Å². The zero-order chi connectivity index (χ0) is 15.8. The first-order valence-corrected chi connectivity index (χ1v) is 8.30. The highest BCUT2D eigenvalue weighted by Crippen LogP contribution is 2.34. The van der Waals surface area contributed by atoms with Gasteiger partial charge in [0.1, 0.15) is 22.0 Å². The second-order valence-electron chi connectivity index (χ2n) is 5.15. The molecule has 0 aliphatic heterocycles. The predicted octanol–water partition coefficient (Wildman–Crippen LogP) is 3.25. The van der Waals surface area contributed by atoms with E-state index in [1.165, 1.54) is 11.8 Å². The third kappa shape index (κ3) is 2.53. The number of fused-ring (bicyclic) bond motifs is 3. The van der Waals surface area contributed by atoms with Crippen molar-refractivity contribution in [2.45, 2.75) is 24.1 Å². The molecule has 0 bridgehead atoms. The Morgan fingerprint density at radius 1 is 1.22 bits per heavy atom. The van der Waals surface area contributed by atoms with Crippen LogP contribution in [0, 0.1) is 0 Å². The van der Waals surface area contributed by atoms with Crippen molar-refractivity contribution in [3.05, 3.63) is 52.2 Å². The highest BCUT2D eigenvalue weighted by Gasteiger charge is 2.15. The number of hydrogen-bond acceptors (Lipinski definition) is 5. The normalized spacial score (nSPS) is 11.5. The average Bonchev–Trinajstić information content (AvgIpc) is 3.16. The second kappa shape index (κ2) is 5.58. The Morgan fingerprint density at radius 2 is 2.09 bits per heavy atom. The van der Waals surface area contributed by atoms with E-state index in [9.17, 15) is 4.79 Å². The third-order valence-electron chi connectivity index (χ3n) is 3.57. The summed E-state index contributed by atoms with van der Waals surface area (Å²) in [5.74, 6) is 1.39. The number of para-hydroxylation sites is 1. The van der Waals surface area contributed by atoms with Crippen LogP contribution in [0.2, 0.25) is 0 Å². The van der Waals surface area contributed by atoms with E-state index in [2.05, 4.69) is 20.2 Å². The van der Waals surface area contributed by atoms with Gasteiger partial charge in [-0.1, -0.05) is 30.8 Å². The van der Waals surface area contributed by atoms with E-state index in [1.54, 1.807) is 6.07 Å². The van der Waals surface area contributed by atoms with Gasteiger partial charge in [0.2, 0.25) is 0 Å². The lowest BCUT2D eigenvalue weighted by atomic mass is 10.2. The minimum Gasteiger partial charge on any atom is -0.451 e. The molecule has 0 aliphatic carbocycles. The van der Waals surface area contributed by atoms with Gasteiger partial charge < -0.3 is 9.52 Å². The van der Waals surface area contributed by atoms with Crippen molar-refractivity contribution in [3.63, 3.8) is 0 Å². The molecule has 1 aromatic carbocycles. The van der Waals surface area contributed by atoms with Gasteiger partial charge in [0.25, 0.3) is 5.56 Å². The van der Waals surface area contributed by atoms with Crippen LogP contribution in [0.1, 0.15) is 18.4 Å². The molecule has 0 fully saturated rings. The fourth-order valence-corrected chi connectivity index (χ4v) is 3.35. The number of nitrogens with one attached hydrogen (secondary N) is 2. The molecule has 4 rings (SSSR count). The van der Waals surface area contributed by atoms with Crippen LogP contribution >= 0.6 is 11.8 Å². The van der Waals surface area contributed by atoms with E-state index < -0.39 is 0 Å². The number of nitrogens with zero attached hydrogens (tertiary/aromatic N) is 2. The minimum absolute atomic E-state index is 0.133. The smallest absolute Gasteiger partial charge is 0.264 e. The fourth-order valence-electron chi connectivity index (χ4n) is 2.46. The summed E-state index contributed by atoms with van der Waals surface area (Å²) in [5, 5.41) is 7.18. The van der Waals surface area contributed by atoms with Crippen LogP contribution in [0.25, 0.3) is 22.1 Å². The van der Waals surface area contributed by atoms with Gasteiger partial charge in [0, 0.05) is 29.3 Å². The molecule has 0 radical (unpaired) electrons. The van der Waals surface area contributed by atoms with E-state index in [1.807, 2.05) is 31.2 Å². The maximum atomic E-state index is 11.2. The molecule has 0 amide bonds. The van der Waals surface area contributed by atoms with E-state index in [-0.39, 0.29) is 5.56 Å². The first-order chi connectivity index (χ1) is 11.2. The SMILES string of the molecule is CCc1nc(SCc2cc(=O)[nH][nH]2)c2oc3ccccc3c2n1. The minimum atomic E-state index is -0.133. The van der Waals surface area contributed by atoms with Crippen LogP contribution < -0.4 is 5.56 Å². The maximum absolute atomic E-state index is 11.2. The Bertz CT molecular complexity index is 1050. The summed E-state index contributed by atoms with van der Waals surface area (Å²) in [4.78, 5) is 20.4. The lowest BCUT2D eigenvalue weighted by Crippen LogP contribution is -1.95. The molecule has 0 atom stereocenters. The van der Waals surface area contributed by atoms with Crippen LogP contribution in [0.5, 0.6) is 0 Å². The van der Waals surface area contributed by atoms with Gasteiger partial charge in [-0.25, -0.2) is 9.97 Å². The summed E-state index contributed by atoms with van der Waals surface area (Å²) < 4.78 is 5.95. The molecule has 0 aliphatic rings. The van der Waals surface area contributed by atoms with Crippen molar-refractivity contribution in [1.29, 1.82) is 0 Å². The highest BCUT2D eigenvalue weighted by molar-refractivity contribution is 7.98. The number of aromatic amines is 2. The van der Waals surface area contributed by atoms with Crippen molar-refractivity contribution >= 4 is 33.8 Å². The highest BCUT2D eigenvalue weighted by atomic mass is 32.2. The molecule has 3 heterocycles. The zero-order valence-electron chi connectivity index (χ0n) is 12.4. The second-order valence-corrected chi connectivity index (χ2v) is 6.11. The van der Waals surface area contributed by atoms with Gasteiger partial charge in [-0.05, 0) is 12.1 Å². The number of benzene rings is 1. The Balaban J connectivity index is 1.82. The monoisotopic (exact) mass is 326 g/mol. The quantitative estimate of drug-likeness (QED) is 0.444. The molecule has 6 nitrogen and oxygen atoms in total. The molecule has 23 heavy (non-hydrogen) atoms. The van der Waals surface area contributed by atoms with Crippen LogP contribution in [0.4, 0.5) is 0 Å². The lowest BCUT2D eigenvalue weighted by molar-refractivity contribution is 0.651. The van der Waals surface area contributed by atoms with Crippen molar-refractivity contribution in [2.75, 3.05) is 0 Å². The molecule has 0 saturated carbocycles. The lowest BCUT2D eigenvalue weighted by Gasteiger charge is -2.03. The maximum Gasteiger partial charge on any atom is 0.264 e. The molecular formula is C16H14N4O2S. The zero-order valence-corrected chi connectivity index (χ0v) is 13.2. The number of hydrogen-bond donors (Lipinski definition) is 2. The topological polar surface area (TPSA) is 87.6 Å². The van der Waals surface area contributed by atoms with E-state index in [4.69, 9.17) is 4.42 Å². The van der Waals surface area contributed by atoms with Gasteiger partial charge in [0.15, 0.2) is 5.58 Å². The number of furan rings is 1. The molecule has 3 aromatic heterocycles. The van der Waals surface area contributed by atoms with Gasteiger partial charge in [-0.3, -0.25) is 9.89 Å². The van der Waals surface area contributed by atoms with Crippen molar-refractivity contribution < 1.29 is 4.42 Å². The van der Waals surface area contributed by atoms with Gasteiger partial charge in [-0.2, -0.15) is 0 Å². The van der Waals surface area contributed by atoms with Crippen LogP contribution in [0.15, 0.2) is 44.6 Å². The molecule has 0 spiro atoms. The van der Waals surface area contributed by atoms with Crippen molar-refractivity contribution in [3.8, 4) is 0 Å². The Labute approximate surface area is 135 Å². The van der Waals surface area contributed by atoms with Gasteiger partial charge in [-0.15, -0.1) is 0 Å². The van der Waals surface area contributed by atoms with Crippen molar-refractivity contribution in [1.82, 2.24) is 20.2 Å². The molecule has 0 unspecified atom stereocenters. The summed E-state index contributed by atoms with van der Waals surface area (Å²) in [6.45, 7) is 2.03. The van der Waals surface area contributed by atoms with E-state index in [0.29, 0.717) is 11.3 Å². The number of thioether (sulfide) groups is 1. The van der Waals surface area contributed by atoms with Crippen LogP contribution in [-0.4, -0.2) is 20.2 Å².